The molecule has 7 heteroatoms. The number of anilines is 2. The number of benzene rings is 1. The van der Waals surface area contributed by atoms with Gasteiger partial charge in [-0.25, -0.2) is 0 Å². The van der Waals surface area contributed by atoms with Gasteiger partial charge in [0.05, 0.1) is 17.1 Å². The SMILES string of the molecule is O=C(O)CCC(=O)Nc1ccc(N2CCCC2=O)c(Cl)c1. The lowest BCUT2D eigenvalue weighted by molar-refractivity contribution is -0.138. The van der Waals surface area contributed by atoms with Gasteiger partial charge in [-0.15, -0.1) is 0 Å². The summed E-state index contributed by atoms with van der Waals surface area (Å²) in [5, 5.41) is 11.5. The summed E-state index contributed by atoms with van der Waals surface area (Å²) in [5.74, 6) is -1.38. The minimum atomic E-state index is -1.02. The van der Waals surface area contributed by atoms with Crippen LogP contribution in [0.4, 0.5) is 11.4 Å². The molecule has 1 aliphatic rings. The molecule has 0 radical (unpaired) electrons. The van der Waals surface area contributed by atoms with Gasteiger partial charge in [-0.05, 0) is 24.6 Å². The van der Waals surface area contributed by atoms with Crippen LogP contribution in [0.25, 0.3) is 0 Å². The Hall–Kier alpha value is -2.08. The Morgan fingerprint density at radius 1 is 1.33 bits per heavy atom. The van der Waals surface area contributed by atoms with Gasteiger partial charge in [0.25, 0.3) is 0 Å². The molecular weight excluding hydrogens is 296 g/mol. The summed E-state index contributed by atoms with van der Waals surface area (Å²) in [4.78, 5) is 35.2. The van der Waals surface area contributed by atoms with E-state index in [-0.39, 0.29) is 18.7 Å². The number of nitrogens with zero attached hydrogens (tertiary/aromatic N) is 1. The number of rotatable bonds is 5. The Morgan fingerprint density at radius 3 is 2.67 bits per heavy atom. The molecule has 1 heterocycles. The Bertz CT molecular complexity index is 588. The van der Waals surface area contributed by atoms with Crippen LogP contribution in [-0.2, 0) is 14.4 Å². The monoisotopic (exact) mass is 310 g/mol. The first-order valence-corrected chi connectivity index (χ1v) is 6.97. The highest BCUT2D eigenvalue weighted by Crippen LogP contribution is 2.31. The zero-order chi connectivity index (χ0) is 15.4. The molecule has 21 heavy (non-hydrogen) atoms. The quantitative estimate of drug-likeness (QED) is 0.873. The molecule has 2 N–H and O–H groups in total. The van der Waals surface area contributed by atoms with Gasteiger partial charge < -0.3 is 15.3 Å². The van der Waals surface area contributed by atoms with Gasteiger partial charge in [0.2, 0.25) is 11.8 Å². The number of carboxylic acid groups (broad SMARTS) is 1. The Balaban J connectivity index is 2.03. The van der Waals surface area contributed by atoms with Crippen molar-refractivity contribution in [3.05, 3.63) is 23.2 Å². The summed E-state index contributed by atoms with van der Waals surface area (Å²) < 4.78 is 0. The highest BCUT2D eigenvalue weighted by molar-refractivity contribution is 6.34. The average molecular weight is 311 g/mol. The topological polar surface area (TPSA) is 86.7 Å². The third kappa shape index (κ3) is 3.95. The Morgan fingerprint density at radius 2 is 2.10 bits per heavy atom. The molecule has 2 amide bonds. The van der Waals surface area contributed by atoms with Gasteiger partial charge >= 0.3 is 5.97 Å². The molecule has 1 saturated heterocycles. The molecule has 1 aliphatic heterocycles. The van der Waals surface area contributed by atoms with E-state index in [2.05, 4.69) is 5.32 Å². The van der Waals surface area contributed by atoms with Crippen molar-refractivity contribution in [3.63, 3.8) is 0 Å². The van der Waals surface area contributed by atoms with Crippen molar-refractivity contribution in [1.29, 1.82) is 0 Å². The van der Waals surface area contributed by atoms with Crippen LogP contribution in [0.2, 0.25) is 5.02 Å². The fourth-order valence-corrected chi connectivity index (χ4v) is 2.43. The van der Waals surface area contributed by atoms with Crippen LogP contribution in [0.1, 0.15) is 25.7 Å². The van der Waals surface area contributed by atoms with Crippen molar-refractivity contribution in [2.24, 2.45) is 0 Å². The number of carbonyl (C=O) groups excluding carboxylic acids is 2. The first kappa shape index (κ1) is 15.3. The summed E-state index contributed by atoms with van der Waals surface area (Å²) in [5.41, 5.74) is 1.11. The molecule has 2 rings (SSSR count). The second-order valence-electron chi connectivity index (χ2n) is 4.76. The van der Waals surface area contributed by atoms with Gasteiger partial charge in [0, 0.05) is 25.1 Å². The molecule has 0 atom stereocenters. The summed E-state index contributed by atoms with van der Waals surface area (Å²) in [6, 6.07) is 4.88. The second kappa shape index (κ2) is 6.58. The first-order chi connectivity index (χ1) is 9.97. The molecule has 6 nitrogen and oxygen atoms in total. The Labute approximate surface area is 126 Å². The van der Waals surface area contributed by atoms with Gasteiger partial charge in [-0.2, -0.15) is 0 Å². The number of halogens is 1. The lowest BCUT2D eigenvalue weighted by atomic mass is 10.2. The largest absolute Gasteiger partial charge is 0.481 e. The number of carboxylic acids is 1. The van der Waals surface area contributed by atoms with E-state index in [0.717, 1.165) is 6.42 Å². The van der Waals surface area contributed by atoms with E-state index in [1.807, 2.05) is 0 Å². The standard InChI is InChI=1S/C14H15ClN2O4/c15-10-8-9(16-12(18)5-6-14(20)21)3-4-11(10)17-7-1-2-13(17)19/h3-4,8H,1-2,5-7H2,(H,16,18)(H,20,21). The van der Waals surface area contributed by atoms with Crippen LogP contribution < -0.4 is 10.2 Å². The summed E-state index contributed by atoms with van der Waals surface area (Å²) in [7, 11) is 0. The van der Waals surface area contributed by atoms with Crippen LogP contribution in [0.5, 0.6) is 0 Å². The predicted molar refractivity (Wildman–Crippen MR) is 78.5 cm³/mol. The molecule has 0 unspecified atom stereocenters. The predicted octanol–water partition coefficient (Wildman–Crippen LogP) is 2.27. The van der Waals surface area contributed by atoms with Crippen LogP contribution in [0.15, 0.2) is 18.2 Å². The zero-order valence-corrected chi connectivity index (χ0v) is 12.0. The minimum Gasteiger partial charge on any atom is -0.481 e. The van der Waals surface area contributed by atoms with Crippen molar-refractivity contribution >= 4 is 40.8 Å². The van der Waals surface area contributed by atoms with Crippen molar-refractivity contribution in [1.82, 2.24) is 0 Å². The van der Waals surface area contributed by atoms with E-state index in [0.29, 0.717) is 29.4 Å². The van der Waals surface area contributed by atoms with Crippen LogP contribution in [0, 0.1) is 0 Å². The molecule has 0 aliphatic carbocycles. The van der Waals surface area contributed by atoms with Crippen molar-refractivity contribution in [2.45, 2.75) is 25.7 Å². The number of aliphatic carboxylic acids is 1. The molecule has 0 saturated carbocycles. The van der Waals surface area contributed by atoms with Crippen LogP contribution >= 0.6 is 11.6 Å². The zero-order valence-electron chi connectivity index (χ0n) is 11.3. The third-order valence-electron chi connectivity index (χ3n) is 3.16. The maximum atomic E-state index is 11.7. The van der Waals surface area contributed by atoms with E-state index >= 15 is 0 Å². The van der Waals surface area contributed by atoms with Crippen molar-refractivity contribution in [3.8, 4) is 0 Å². The highest BCUT2D eigenvalue weighted by atomic mass is 35.5. The van der Waals surface area contributed by atoms with Crippen LogP contribution in [-0.4, -0.2) is 29.4 Å². The lowest BCUT2D eigenvalue weighted by Crippen LogP contribution is -2.24. The second-order valence-corrected chi connectivity index (χ2v) is 5.16. The summed E-state index contributed by atoms with van der Waals surface area (Å²) >= 11 is 6.15. The summed E-state index contributed by atoms with van der Waals surface area (Å²) in [6.07, 6.45) is 1.01. The molecule has 1 fully saturated rings. The normalized spacial score (nSPS) is 14.3. The van der Waals surface area contributed by atoms with Crippen molar-refractivity contribution < 1.29 is 19.5 Å². The number of hydrogen-bond acceptors (Lipinski definition) is 3. The Kier molecular flexibility index (Phi) is 4.80. The molecule has 112 valence electrons. The van der Waals surface area contributed by atoms with Gasteiger partial charge in [-0.3, -0.25) is 14.4 Å². The average Bonchev–Trinajstić information content (AvgIpc) is 2.83. The van der Waals surface area contributed by atoms with Gasteiger partial charge in [0.15, 0.2) is 0 Å². The van der Waals surface area contributed by atoms with Crippen molar-refractivity contribution in [2.75, 3.05) is 16.8 Å². The maximum absolute atomic E-state index is 11.7. The third-order valence-corrected chi connectivity index (χ3v) is 3.46. The number of amides is 2. The fraction of sp³-hybridized carbons (Fsp3) is 0.357. The van der Waals surface area contributed by atoms with E-state index in [9.17, 15) is 14.4 Å². The molecule has 0 aromatic heterocycles. The molecule has 1 aromatic rings. The summed E-state index contributed by atoms with van der Waals surface area (Å²) in [6.45, 7) is 0.642. The van der Waals surface area contributed by atoms with E-state index in [4.69, 9.17) is 16.7 Å². The highest BCUT2D eigenvalue weighted by Gasteiger charge is 2.23. The number of hydrogen-bond donors (Lipinski definition) is 2. The fourth-order valence-electron chi connectivity index (χ4n) is 2.15. The molecule has 0 bridgehead atoms. The molecule has 0 spiro atoms. The first-order valence-electron chi connectivity index (χ1n) is 6.59. The van der Waals surface area contributed by atoms with Gasteiger partial charge in [-0.1, -0.05) is 11.6 Å². The number of nitrogens with one attached hydrogen (secondary N) is 1. The van der Waals surface area contributed by atoms with Gasteiger partial charge in [0.1, 0.15) is 0 Å². The number of carbonyl (C=O) groups is 3. The van der Waals surface area contributed by atoms with E-state index < -0.39 is 11.9 Å². The minimum absolute atomic E-state index is 0.0372. The lowest BCUT2D eigenvalue weighted by Gasteiger charge is -2.18. The van der Waals surface area contributed by atoms with Crippen LogP contribution in [0.3, 0.4) is 0 Å². The van der Waals surface area contributed by atoms with E-state index in [1.165, 1.54) is 0 Å². The molecular formula is C14H15ClN2O4. The smallest absolute Gasteiger partial charge is 0.303 e. The molecule has 1 aromatic carbocycles. The van der Waals surface area contributed by atoms with E-state index in [1.54, 1.807) is 23.1 Å². The maximum Gasteiger partial charge on any atom is 0.303 e.